The van der Waals surface area contributed by atoms with Crippen molar-refractivity contribution in [2.75, 3.05) is 7.11 Å². The minimum atomic E-state index is -0.389. The van der Waals surface area contributed by atoms with E-state index in [0.29, 0.717) is 13.0 Å². The van der Waals surface area contributed by atoms with Crippen molar-refractivity contribution in [2.24, 2.45) is 5.41 Å². The number of methoxy groups -OCH3 is 1. The van der Waals surface area contributed by atoms with E-state index in [-0.39, 0.29) is 11.2 Å². The van der Waals surface area contributed by atoms with Gasteiger partial charge in [-0.2, -0.15) is 0 Å². The summed E-state index contributed by atoms with van der Waals surface area (Å²) in [5.41, 5.74) is 2.60. The maximum Gasteiger partial charge on any atom is 0.157 e. The average Bonchev–Trinajstić information content (AvgIpc) is 2.91. The molecule has 0 amide bonds. The number of rotatable bonds is 5. The first kappa shape index (κ1) is 17.2. The fourth-order valence-corrected chi connectivity index (χ4v) is 2.75. The first-order valence-corrected chi connectivity index (χ1v) is 8.49. The fourth-order valence-electron chi connectivity index (χ4n) is 2.75. The van der Waals surface area contributed by atoms with Gasteiger partial charge < -0.3 is 9.30 Å². The second kappa shape index (κ2) is 6.71. The van der Waals surface area contributed by atoms with Crippen LogP contribution < -0.4 is 4.74 Å². The number of hydrogen-bond donors (Lipinski definition) is 0. The van der Waals surface area contributed by atoms with Gasteiger partial charge in [-0.3, -0.25) is 4.79 Å². The van der Waals surface area contributed by atoms with Gasteiger partial charge in [-0.05, 0) is 17.7 Å². The average molecular weight is 336 g/mol. The molecular formula is C21H24N2O2. The third kappa shape index (κ3) is 3.73. The van der Waals surface area contributed by atoms with Gasteiger partial charge in [0.25, 0.3) is 0 Å². The van der Waals surface area contributed by atoms with Crippen LogP contribution in [0, 0.1) is 5.41 Å². The monoisotopic (exact) mass is 336 g/mol. The highest BCUT2D eigenvalue weighted by atomic mass is 16.5. The van der Waals surface area contributed by atoms with Crippen LogP contribution in [-0.2, 0) is 17.8 Å². The van der Waals surface area contributed by atoms with E-state index in [1.807, 2.05) is 61.7 Å². The Morgan fingerprint density at radius 3 is 2.48 bits per heavy atom. The number of ketones is 1. The van der Waals surface area contributed by atoms with Crippen molar-refractivity contribution in [1.82, 2.24) is 9.55 Å². The lowest BCUT2D eigenvalue weighted by molar-refractivity contribution is -0.126. The SMILES string of the molecule is COc1ccc2nc(Cc3ccccc3)n(CC(=O)C(C)(C)C)c2c1. The Kier molecular flexibility index (Phi) is 4.62. The van der Waals surface area contributed by atoms with Crippen LogP contribution >= 0.6 is 0 Å². The van der Waals surface area contributed by atoms with Crippen LogP contribution in [0.15, 0.2) is 48.5 Å². The number of nitrogens with zero attached hydrogens (tertiary/aromatic N) is 2. The first-order valence-electron chi connectivity index (χ1n) is 8.49. The second-order valence-corrected chi connectivity index (χ2v) is 7.30. The lowest BCUT2D eigenvalue weighted by Crippen LogP contribution is -2.25. The number of imidazole rings is 1. The zero-order valence-corrected chi connectivity index (χ0v) is 15.2. The van der Waals surface area contributed by atoms with E-state index >= 15 is 0 Å². The number of ether oxygens (including phenoxy) is 1. The molecule has 3 rings (SSSR count). The molecule has 0 aliphatic carbocycles. The van der Waals surface area contributed by atoms with Crippen LogP contribution in [0.25, 0.3) is 11.0 Å². The molecule has 4 nitrogen and oxygen atoms in total. The molecule has 0 bridgehead atoms. The van der Waals surface area contributed by atoms with Gasteiger partial charge in [0, 0.05) is 17.9 Å². The van der Waals surface area contributed by atoms with Crippen molar-refractivity contribution in [3.63, 3.8) is 0 Å². The molecule has 0 aliphatic rings. The number of Topliss-reactive ketones (excluding diaryl/α,β-unsaturated/α-hetero) is 1. The number of benzene rings is 2. The third-order valence-corrected chi connectivity index (χ3v) is 4.38. The summed E-state index contributed by atoms with van der Waals surface area (Å²) in [4.78, 5) is 17.4. The molecule has 2 aromatic carbocycles. The smallest absolute Gasteiger partial charge is 0.157 e. The quantitative estimate of drug-likeness (QED) is 0.699. The van der Waals surface area contributed by atoms with Crippen LogP contribution in [0.3, 0.4) is 0 Å². The number of aromatic nitrogens is 2. The molecule has 0 atom stereocenters. The van der Waals surface area contributed by atoms with Gasteiger partial charge in [-0.1, -0.05) is 51.1 Å². The Hall–Kier alpha value is -2.62. The molecule has 0 fully saturated rings. The summed E-state index contributed by atoms with van der Waals surface area (Å²) in [6.07, 6.45) is 0.690. The second-order valence-electron chi connectivity index (χ2n) is 7.30. The van der Waals surface area contributed by atoms with Gasteiger partial charge in [0.15, 0.2) is 5.78 Å². The highest BCUT2D eigenvalue weighted by molar-refractivity contribution is 5.86. The topological polar surface area (TPSA) is 44.1 Å². The summed E-state index contributed by atoms with van der Waals surface area (Å²) in [5, 5.41) is 0. The van der Waals surface area contributed by atoms with Crippen LogP contribution in [0.5, 0.6) is 5.75 Å². The Bertz CT molecular complexity index is 889. The summed E-state index contributed by atoms with van der Waals surface area (Å²) in [5.74, 6) is 1.85. The van der Waals surface area contributed by atoms with E-state index in [1.165, 1.54) is 5.56 Å². The van der Waals surface area contributed by atoms with Crippen LogP contribution in [0.4, 0.5) is 0 Å². The van der Waals surface area contributed by atoms with E-state index in [1.54, 1.807) is 7.11 Å². The van der Waals surface area contributed by atoms with E-state index in [2.05, 4.69) is 12.1 Å². The molecule has 1 aromatic heterocycles. The van der Waals surface area contributed by atoms with Crippen molar-refractivity contribution in [3.8, 4) is 5.75 Å². The lowest BCUT2D eigenvalue weighted by Gasteiger charge is -2.18. The first-order chi connectivity index (χ1) is 11.9. The summed E-state index contributed by atoms with van der Waals surface area (Å²) in [7, 11) is 1.65. The Labute approximate surface area is 148 Å². The molecule has 0 aliphatic heterocycles. The van der Waals surface area contributed by atoms with Gasteiger partial charge in [-0.25, -0.2) is 4.98 Å². The van der Waals surface area contributed by atoms with Crippen LogP contribution in [0.1, 0.15) is 32.2 Å². The Morgan fingerprint density at radius 2 is 1.84 bits per heavy atom. The van der Waals surface area contributed by atoms with E-state index in [4.69, 9.17) is 9.72 Å². The van der Waals surface area contributed by atoms with E-state index in [0.717, 1.165) is 22.6 Å². The van der Waals surface area contributed by atoms with Crippen molar-refractivity contribution in [2.45, 2.75) is 33.7 Å². The van der Waals surface area contributed by atoms with E-state index < -0.39 is 0 Å². The molecule has 0 unspecified atom stereocenters. The minimum Gasteiger partial charge on any atom is -0.497 e. The predicted octanol–water partition coefficient (Wildman–Crippen LogP) is 4.25. The Balaban J connectivity index is 2.08. The maximum atomic E-state index is 12.7. The summed E-state index contributed by atoms with van der Waals surface area (Å²) in [6.45, 7) is 6.17. The van der Waals surface area contributed by atoms with E-state index in [9.17, 15) is 4.79 Å². The molecule has 0 spiro atoms. The van der Waals surface area contributed by atoms with Crippen molar-refractivity contribution < 1.29 is 9.53 Å². The van der Waals surface area contributed by atoms with Crippen molar-refractivity contribution in [3.05, 3.63) is 59.9 Å². The molecule has 130 valence electrons. The van der Waals surface area contributed by atoms with Crippen molar-refractivity contribution >= 4 is 16.8 Å². The molecule has 0 radical (unpaired) electrons. The highest BCUT2D eigenvalue weighted by Crippen LogP contribution is 2.25. The number of carbonyl (C=O) groups excluding carboxylic acids is 1. The van der Waals surface area contributed by atoms with Gasteiger partial charge in [0.2, 0.25) is 0 Å². The summed E-state index contributed by atoms with van der Waals surface area (Å²) >= 11 is 0. The molecule has 3 aromatic rings. The highest BCUT2D eigenvalue weighted by Gasteiger charge is 2.23. The maximum absolute atomic E-state index is 12.7. The predicted molar refractivity (Wildman–Crippen MR) is 100.0 cm³/mol. The van der Waals surface area contributed by atoms with Crippen LogP contribution in [-0.4, -0.2) is 22.4 Å². The standard InChI is InChI=1S/C21H24N2O2/c1-21(2,3)19(24)14-23-18-13-16(25-4)10-11-17(18)22-20(23)12-15-8-6-5-7-9-15/h5-11,13H,12,14H2,1-4H3. The zero-order valence-electron chi connectivity index (χ0n) is 15.2. The van der Waals surface area contributed by atoms with Gasteiger partial charge >= 0.3 is 0 Å². The fraction of sp³-hybridized carbons (Fsp3) is 0.333. The minimum absolute atomic E-state index is 0.184. The normalized spacial score (nSPS) is 11.7. The molecular weight excluding hydrogens is 312 g/mol. The third-order valence-electron chi connectivity index (χ3n) is 4.38. The number of carbonyl (C=O) groups is 1. The summed E-state index contributed by atoms with van der Waals surface area (Å²) in [6, 6.07) is 16.0. The van der Waals surface area contributed by atoms with Crippen LogP contribution in [0.2, 0.25) is 0 Å². The zero-order chi connectivity index (χ0) is 18.0. The molecule has 4 heteroatoms. The Morgan fingerprint density at radius 1 is 1.12 bits per heavy atom. The number of fused-ring (bicyclic) bond motifs is 1. The molecule has 0 N–H and O–H groups in total. The lowest BCUT2D eigenvalue weighted by atomic mass is 9.91. The van der Waals surface area contributed by atoms with Gasteiger partial charge in [-0.15, -0.1) is 0 Å². The van der Waals surface area contributed by atoms with Gasteiger partial charge in [0.1, 0.15) is 11.6 Å². The van der Waals surface area contributed by atoms with Crippen molar-refractivity contribution in [1.29, 1.82) is 0 Å². The molecule has 1 heterocycles. The molecule has 25 heavy (non-hydrogen) atoms. The largest absolute Gasteiger partial charge is 0.497 e. The molecule has 0 saturated heterocycles. The molecule has 0 saturated carbocycles. The number of hydrogen-bond acceptors (Lipinski definition) is 3. The summed E-state index contributed by atoms with van der Waals surface area (Å²) < 4.78 is 7.38. The van der Waals surface area contributed by atoms with Gasteiger partial charge in [0.05, 0.1) is 24.7 Å².